The van der Waals surface area contributed by atoms with E-state index in [1.807, 2.05) is 6.92 Å². The Morgan fingerprint density at radius 1 is 0.724 bits per heavy atom. The third kappa shape index (κ3) is 19.6. The minimum Gasteiger partial charge on any atom is -0.466 e. The number of rotatable bonds is 19. The highest BCUT2D eigenvalue weighted by molar-refractivity contribution is 5.69. The van der Waals surface area contributed by atoms with Gasteiger partial charge in [-0.05, 0) is 32.6 Å². The van der Waals surface area contributed by atoms with E-state index >= 15 is 0 Å². The molecule has 0 fully saturated rings. The monoisotopic (exact) mass is 408 g/mol. The van der Waals surface area contributed by atoms with Crippen LogP contribution in [-0.4, -0.2) is 24.6 Å². The topological polar surface area (TPSA) is 52.6 Å². The summed E-state index contributed by atoms with van der Waals surface area (Å²) < 4.78 is 10.6. The van der Waals surface area contributed by atoms with Crippen molar-refractivity contribution in [3.05, 3.63) is 0 Å². The molecule has 0 rings (SSSR count). The second-order valence-corrected chi connectivity index (χ2v) is 7.74. The number of ether oxygens (including phenoxy) is 2. The van der Waals surface area contributed by atoms with Crippen LogP contribution in [-0.2, 0) is 19.1 Å². The van der Waals surface area contributed by atoms with Crippen molar-refractivity contribution in [1.29, 1.82) is 0 Å². The SMILES string of the molecule is CC#CC(CC)OC(=O)CCCCCCCCC(=O)OCCCCCCCCC. The molecule has 1 atom stereocenters. The standard InChI is InChI=1S/C25H44O4/c1-4-7-8-9-12-15-18-22-28-24(26)20-16-13-10-11-14-17-21-25(27)29-23(6-3)19-5-2/h23H,4,6-18,20-22H2,1-3H3. The van der Waals surface area contributed by atoms with Crippen LogP contribution in [0.4, 0.5) is 0 Å². The van der Waals surface area contributed by atoms with Crippen LogP contribution < -0.4 is 0 Å². The van der Waals surface area contributed by atoms with Gasteiger partial charge < -0.3 is 9.47 Å². The summed E-state index contributed by atoms with van der Waals surface area (Å²) in [6.45, 7) is 6.52. The maximum Gasteiger partial charge on any atom is 0.307 e. The summed E-state index contributed by atoms with van der Waals surface area (Å²) in [5.41, 5.74) is 0. The van der Waals surface area contributed by atoms with E-state index < -0.39 is 0 Å². The minimum atomic E-state index is -0.266. The molecule has 0 radical (unpaired) electrons. The van der Waals surface area contributed by atoms with Crippen molar-refractivity contribution >= 4 is 11.9 Å². The number of carbonyl (C=O) groups excluding carboxylic acids is 2. The fourth-order valence-corrected chi connectivity index (χ4v) is 3.16. The normalized spacial score (nSPS) is 11.4. The summed E-state index contributed by atoms with van der Waals surface area (Å²) in [5, 5.41) is 0. The molecule has 29 heavy (non-hydrogen) atoms. The Morgan fingerprint density at radius 2 is 1.24 bits per heavy atom. The molecule has 0 aliphatic carbocycles. The summed E-state index contributed by atoms with van der Waals surface area (Å²) in [6.07, 6.45) is 16.1. The zero-order chi connectivity index (χ0) is 21.6. The molecule has 0 spiro atoms. The predicted octanol–water partition coefficient (Wildman–Crippen LogP) is 6.75. The van der Waals surface area contributed by atoms with Crippen LogP contribution in [0.1, 0.15) is 124 Å². The molecule has 0 aromatic heterocycles. The van der Waals surface area contributed by atoms with Gasteiger partial charge >= 0.3 is 11.9 Å². The zero-order valence-electron chi connectivity index (χ0n) is 19.2. The molecule has 0 saturated heterocycles. The third-order valence-corrected chi connectivity index (χ3v) is 4.97. The van der Waals surface area contributed by atoms with Gasteiger partial charge in [0.25, 0.3) is 0 Å². The van der Waals surface area contributed by atoms with Gasteiger partial charge in [-0.15, -0.1) is 5.92 Å². The fraction of sp³-hybridized carbons (Fsp3) is 0.840. The molecule has 4 nitrogen and oxygen atoms in total. The van der Waals surface area contributed by atoms with Crippen molar-refractivity contribution in [3.63, 3.8) is 0 Å². The maximum atomic E-state index is 11.7. The van der Waals surface area contributed by atoms with E-state index in [0.717, 1.165) is 57.8 Å². The first-order valence-corrected chi connectivity index (χ1v) is 11.9. The van der Waals surface area contributed by atoms with Crippen molar-refractivity contribution in [1.82, 2.24) is 0 Å². The highest BCUT2D eigenvalue weighted by Gasteiger charge is 2.09. The quantitative estimate of drug-likeness (QED) is 0.135. The van der Waals surface area contributed by atoms with Crippen molar-refractivity contribution in [2.24, 2.45) is 0 Å². The van der Waals surface area contributed by atoms with E-state index in [9.17, 15) is 9.59 Å². The lowest BCUT2D eigenvalue weighted by Gasteiger charge is -2.10. The molecule has 0 aliphatic heterocycles. The highest BCUT2D eigenvalue weighted by atomic mass is 16.5. The summed E-state index contributed by atoms with van der Waals surface area (Å²) in [6, 6.07) is 0. The van der Waals surface area contributed by atoms with Crippen molar-refractivity contribution < 1.29 is 19.1 Å². The molecule has 0 aromatic rings. The Labute approximate surface area is 179 Å². The molecular weight excluding hydrogens is 364 g/mol. The van der Waals surface area contributed by atoms with Gasteiger partial charge in [-0.3, -0.25) is 9.59 Å². The van der Waals surface area contributed by atoms with Crippen molar-refractivity contribution in [3.8, 4) is 11.8 Å². The molecule has 0 heterocycles. The lowest BCUT2D eigenvalue weighted by molar-refractivity contribution is -0.147. The van der Waals surface area contributed by atoms with Gasteiger partial charge in [-0.25, -0.2) is 0 Å². The van der Waals surface area contributed by atoms with Crippen LogP contribution >= 0.6 is 0 Å². The Balaban J connectivity index is 3.39. The molecule has 168 valence electrons. The van der Waals surface area contributed by atoms with Gasteiger partial charge in [0.1, 0.15) is 0 Å². The summed E-state index contributed by atoms with van der Waals surface area (Å²) in [5.74, 6) is 5.48. The molecule has 4 heteroatoms. The lowest BCUT2D eigenvalue weighted by Crippen LogP contribution is -2.15. The van der Waals surface area contributed by atoms with Crippen LogP contribution in [0.3, 0.4) is 0 Å². The van der Waals surface area contributed by atoms with Gasteiger partial charge in [0, 0.05) is 12.8 Å². The molecular formula is C25H44O4. The molecule has 1 unspecified atom stereocenters. The Morgan fingerprint density at radius 3 is 1.79 bits per heavy atom. The van der Waals surface area contributed by atoms with Crippen LogP contribution in [0.2, 0.25) is 0 Å². The number of hydrogen-bond donors (Lipinski definition) is 0. The Hall–Kier alpha value is -1.50. The average Bonchev–Trinajstić information content (AvgIpc) is 2.71. The van der Waals surface area contributed by atoms with Crippen molar-refractivity contribution in [2.75, 3.05) is 6.61 Å². The first-order chi connectivity index (χ1) is 14.1. The lowest BCUT2D eigenvalue weighted by atomic mass is 10.1. The van der Waals surface area contributed by atoms with E-state index in [4.69, 9.17) is 9.47 Å². The zero-order valence-corrected chi connectivity index (χ0v) is 19.2. The first kappa shape index (κ1) is 27.5. The average molecular weight is 409 g/mol. The van der Waals surface area contributed by atoms with Crippen LogP contribution in [0.25, 0.3) is 0 Å². The van der Waals surface area contributed by atoms with Crippen molar-refractivity contribution in [2.45, 2.75) is 130 Å². The van der Waals surface area contributed by atoms with E-state index in [1.165, 1.54) is 32.1 Å². The number of unbranched alkanes of at least 4 members (excludes halogenated alkanes) is 11. The molecule has 0 bridgehead atoms. The largest absolute Gasteiger partial charge is 0.466 e. The molecule has 0 saturated carbocycles. The number of hydrogen-bond acceptors (Lipinski definition) is 4. The predicted molar refractivity (Wildman–Crippen MR) is 120 cm³/mol. The Kier molecular flexibility index (Phi) is 20.1. The van der Waals surface area contributed by atoms with E-state index in [-0.39, 0.29) is 18.0 Å². The fourth-order valence-electron chi connectivity index (χ4n) is 3.16. The summed E-state index contributed by atoms with van der Waals surface area (Å²) in [7, 11) is 0. The molecule has 0 amide bonds. The van der Waals surface area contributed by atoms with E-state index in [1.54, 1.807) is 6.92 Å². The highest BCUT2D eigenvalue weighted by Crippen LogP contribution is 2.11. The smallest absolute Gasteiger partial charge is 0.307 e. The second kappa shape index (κ2) is 21.2. The molecule has 0 N–H and O–H groups in total. The van der Waals surface area contributed by atoms with Crippen LogP contribution in [0.5, 0.6) is 0 Å². The van der Waals surface area contributed by atoms with Gasteiger partial charge in [0.05, 0.1) is 6.61 Å². The van der Waals surface area contributed by atoms with Gasteiger partial charge in [-0.1, -0.05) is 84.0 Å². The van der Waals surface area contributed by atoms with E-state index in [2.05, 4.69) is 18.8 Å². The molecule has 0 aromatic carbocycles. The number of carbonyl (C=O) groups is 2. The van der Waals surface area contributed by atoms with Crippen LogP contribution in [0.15, 0.2) is 0 Å². The Bertz CT molecular complexity index is 461. The van der Waals surface area contributed by atoms with Gasteiger partial charge in [0.15, 0.2) is 6.10 Å². The van der Waals surface area contributed by atoms with Crippen LogP contribution in [0, 0.1) is 11.8 Å². The van der Waals surface area contributed by atoms with Gasteiger partial charge in [0.2, 0.25) is 0 Å². The summed E-state index contributed by atoms with van der Waals surface area (Å²) >= 11 is 0. The van der Waals surface area contributed by atoms with E-state index in [0.29, 0.717) is 19.4 Å². The van der Waals surface area contributed by atoms with Gasteiger partial charge in [-0.2, -0.15) is 0 Å². The summed E-state index contributed by atoms with van der Waals surface area (Å²) in [4.78, 5) is 23.4. The second-order valence-electron chi connectivity index (χ2n) is 7.74. The minimum absolute atomic E-state index is 0.0561. The number of esters is 2. The third-order valence-electron chi connectivity index (χ3n) is 4.97. The first-order valence-electron chi connectivity index (χ1n) is 11.9. The maximum absolute atomic E-state index is 11.7. The molecule has 0 aliphatic rings.